The zero-order chi connectivity index (χ0) is 12.1. The standard InChI is InChI=1S/C12H17BrO3/c1-3-10(15)7-16-12-6-9(13)4-5-11(12)8(2)14/h4-6,8,10,14-15H,3,7H2,1-2H3. The second kappa shape index (κ2) is 6.23. The summed E-state index contributed by atoms with van der Waals surface area (Å²) in [4.78, 5) is 0. The minimum atomic E-state index is -0.582. The molecular weight excluding hydrogens is 272 g/mol. The van der Waals surface area contributed by atoms with Gasteiger partial charge in [0, 0.05) is 10.0 Å². The molecule has 4 heteroatoms. The summed E-state index contributed by atoms with van der Waals surface area (Å²) in [6.07, 6.45) is -0.402. The Balaban J connectivity index is 2.80. The molecule has 0 aromatic heterocycles. The van der Waals surface area contributed by atoms with Gasteiger partial charge in [-0.2, -0.15) is 0 Å². The monoisotopic (exact) mass is 288 g/mol. The van der Waals surface area contributed by atoms with Crippen molar-refractivity contribution in [1.82, 2.24) is 0 Å². The molecule has 0 aliphatic heterocycles. The van der Waals surface area contributed by atoms with Gasteiger partial charge in [0.05, 0.1) is 12.2 Å². The number of ether oxygens (including phenoxy) is 1. The Morgan fingerprint density at radius 2 is 2.06 bits per heavy atom. The Bertz CT molecular complexity index is 339. The summed E-state index contributed by atoms with van der Waals surface area (Å²) in [5.41, 5.74) is 0.728. The first-order valence-electron chi connectivity index (χ1n) is 5.33. The molecule has 0 saturated carbocycles. The number of hydrogen-bond acceptors (Lipinski definition) is 3. The summed E-state index contributed by atoms with van der Waals surface area (Å²) in [7, 11) is 0. The van der Waals surface area contributed by atoms with E-state index in [0.717, 1.165) is 10.0 Å². The Hall–Kier alpha value is -0.580. The molecular formula is C12H17BrO3. The van der Waals surface area contributed by atoms with Crippen LogP contribution in [0, 0.1) is 0 Å². The fraction of sp³-hybridized carbons (Fsp3) is 0.500. The molecule has 2 atom stereocenters. The number of rotatable bonds is 5. The normalized spacial score (nSPS) is 14.6. The average molecular weight is 289 g/mol. The highest BCUT2D eigenvalue weighted by Gasteiger charge is 2.11. The van der Waals surface area contributed by atoms with Crippen molar-refractivity contribution in [3.63, 3.8) is 0 Å². The van der Waals surface area contributed by atoms with Crippen molar-refractivity contribution in [2.75, 3.05) is 6.61 Å². The van der Waals surface area contributed by atoms with Crippen LogP contribution < -0.4 is 4.74 Å². The second-order valence-corrected chi connectivity index (χ2v) is 4.65. The number of hydrogen-bond donors (Lipinski definition) is 2. The Morgan fingerprint density at radius 1 is 1.38 bits per heavy atom. The van der Waals surface area contributed by atoms with Gasteiger partial charge in [0.15, 0.2) is 0 Å². The molecule has 1 aromatic carbocycles. The number of aliphatic hydroxyl groups excluding tert-OH is 2. The molecule has 0 fully saturated rings. The fourth-order valence-corrected chi connectivity index (χ4v) is 1.62. The van der Waals surface area contributed by atoms with E-state index in [1.807, 2.05) is 19.1 Å². The minimum Gasteiger partial charge on any atom is -0.490 e. The van der Waals surface area contributed by atoms with Crippen molar-refractivity contribution in [3.05, 3.63) is 28.2 Å². The van der Waals surface area contributed by atoms with E-state index in [9.17, 15) is 10.2 Å². The van der Waals surface area contributed by atoms with Crippen molar-refractivity contribution < 1.29 is 14.9 Å². The van der Waals surface area contributed by atoms with Crippen LogP contribution >= 0.6 is 15.9 Å². The van der Waals surface area contributed by atoms with Crippen molar-refractivity contribution in [2.24, 2.45) is 0 Å². The van der Waals surface area contributed by atoms with Gasteiger partial charge in [0.2, 0.25) is 0 Å². The van der Waals surface area contributed by atoms with E-state index in [1.165, 1.54) is 0 Å². The third-order valence-electron chi connectivity index (χ3n) is 2.33. The topological polar surface area (TPSA) is 49.7 Å². The number of halogens is 1. The van der Waals surface area contributed by atoms with E-state index < -0.39 is 12.2 Å². The van der Waals surface area contributed by atoms with Gasteiger partial charge >= 0.3 is 0 Å². The lowest BCUT2D eigenvalue weighted by molar-refractivity contribution is 0.101. The van der Waals surface area contributed by atoms with Crippen LogP contribution in [0.1, 0.15) is 31.9 Å². The van der Waals surface area contributed by atoms with Crippen molar-refractivity contribution in [1.29, 1.82) is 0 Å². The maximum absolute atomic E-state index is 9.56. The molecule has 0 spiro atoms. The van der Waals surface area contributed by atoms with Gasteiger partial charge in [-0.15, -0.1) is 0 Å². The lowest BCUT2D eigenvalue weighted by atomic mass is 10.1. The van der Waals surface area contributed by atoms with Crippen molar-refractivity contribution >= 4 is 15.9 Å². The molecule has 0 bridgehead atoms. The molecule has 1 aromatic rings. The fourth-order valence-electron chi connectivity index (χ4n) is 1.28. The molecule has 0 radical (unpaired) electrons. The van der Waals surface area contributed by atoms with Crippen LogP contribution in [0.2, 0.25) is 0 Å². The van der Waals surface area contributed by atoms with Gasteiger partial charge in [-0.25, -0.2) is 0 Å². The van der Waals surface area contributed by atoms with E-state index in [1.54, 1.807) is 13.0 Å². The van der Waals surface area contributed by atoms with E-state index in [4.69, 9.17) is 4.74 Å². The molecule has 0 aliphatic carbocycles. The first-order valence-corrected chi connectivity index (χ1v) is 6.12. The minimum absolute atomic E-state index is 0.243. The van der Waals surface area contributed by atoms with Crippen molar-refractivity contribution in [3.8, 4) is 5.75 Å². The molecule has 90 valence electrons. The smallest absolute Gasteiger partial charge is 0.126 e. The zero-order valence-electron chi connectivity index (χ0n) is 9.48. The SMILES string of the molecule is CCC(O)COc1cc(Br)ccc1C(C)O. The van der Waals surface area contributed by atoms with Crippen LogP contribution in [-0.4, -0.2) is 22.9 Å². The molecule has 0 heterocycles. The number of aliphatic hydroxyl groups is 2. The lowest BCUT2D eigenvalue weighted by Gasteiger charge is -2.15. The van der Waals surface area contributed by atoms with Crippen LogP contribution in [-0.2, 0) is 0 Å². The maximum Gasteiger partial charge on any atom is 0.126 e. The second-order valence-electron chi connectivity index (χ2n) is 3.73. The van der Waals surface area contributed by atoms with Gasteiger partial charge < -0.3 is 14.9 Å². The predicted octanol–water partition coefficient (Wildman–Crippen LogP) is 2.65. The van der Waals surface area contributed by atoms with Crippen molar-refractivity contribution in [2.45, 2.75) is 32.5 Å². The lowest BCUT2D eigenvalue weighted by Crippen LogP contribution is -2.16. The van der Waals surface area contributed by atoms with Crippen LogP contribution in [0.3, 0.4) is 0 Å². The third kappa shape index (κ3) is 3.77. The highest BCUT2D eigenvalue weighted by molar-refractivity contribution is 9.10. The molecule has 3 nitrogen and oxygen atoms in total. The molecule has 2 unspecified atom stereocenters. The van der Waals surface area contributed by atoms with E-state index in [-0.39, 0.29) is 6.61 Å². The van der Waals surface area contributed by atoms with Gasteiger partial charge in [0.25, 0.3) is 0 Å². The third-order valence-corrected chi connectivity index (χ3v) is 2.82. The maximum atomic E-state index is 9.56. The summed E-state index contributed by atoms with van der Waals surface area (Å²) in [6, 6.07) is 5.46. The quantitative estimate of drug-likeness (QED) is 0.876. The summed E-state index contributed by atoms with van der Waals surface area (Å²) < 4.78 is 6.38. The Morgan fingerprint density at radius 3 is 2.62 bits per heavy atom. The van der Waals surface area contributed by atoms with Crippen LogP contribution in [0.4, 0.5) is 0 Å². The largest absolute Gasteiger partial charge is 0.490 e. The highest BCUT2D eigenvalue weighted by atomic mass is 79.9. The molecule has 0 aliphatic rings. The van der Waals surface area contributed by atoms with Gasteiger partial charge in [-0.1, -0.05) is 28.9 Å². The molecule has 0 saturated heterocycles. The zero-order valence-corrected chi connectivity index (χ0v) is 11.1. The Labute approximate surface area is 104 Å². The summed E-state index contributed by atoms with van der Waals surface area (Å²) in [5, 5.41) is 19.0. The molecule has 16 heavy (non-hydrogen) atoms. The summed E-state index contributed by atoms with van der Waals surface area (Å²) in [5.74, 6) is 0.608. The summed E-state index contributed by atoms with van der Waals surface area (Å²) in [6.45, 7) is 3.82. The highest BCUT2D eigenvalue weighted by Crippen LogP contribution is 2.28. The first-order chi connectivity index (χ1) is 7.54. The Kier molecular flexibility index (Phi) is 5.25. The van der Waals surface area contributed by atoms with E-state index in [0.29, 0.717) is 12.2 Å². The first kappa shape index (κ1) is 13.5. The molecule has 1 rings (SSSR count). The van der Waals surface area contributed by atoms with Gasteiger partial charge in [0.1, 0.15) is 12.4 Å². The molecule has 0 amide bonds. The molecule has 2 N–H and O–H groups in total. The van der Waals surface area contributed by atoms with Gasteiger partial charge in [-0.05, 0) is 25.5 Å². The number of benzene rings is 1. The van der Waals surface area contributed by atoms with Crippen LogP contribution in [0.5, 0.6) is 5.75 Å². The summed E-state index contributed by atoms with van der Waals surface area (Å²) >= 11 is 3.35. The van der Waals surface area contributed by atoms with E-state index in [2.05, 4.69) is 15.9 Å². The van der Waals surface area contributed by atoms with Crippen LogP contribution in [0.15, 0.2) is 22.7 Å². The van der Waals surface area contributed by atoms with Gasteiger partial charge in [-0.3, -0.25) is 0 Å². The average Bonchev–Trinajstić information content (AvgIpc) is 2.25. The van der Waals surface area contributed by atoms with Crippen LogP contribution in [0.25, 0.3) is 0 Å². The predicted molar refractivity (Wildman–Crippen MR) is 66.6 cm³/mol. The van der Waals surface area contributed by atoms with E-state index >= 15 is 0 Å².